The van der Waals surface area contributed by atoms with Crippen molar-refractivity contribution in [1.29, 1.82) is 0 Å². The van der Waals surface area contributed by atoms with Gasteiger partial charge in [-0.25, -0.2) is 0 Å². The van der Waals surface area contributed by atoms with E-state index in [0.717, 1.165) is 24.8 Å². The first-order valence-electron chi connectivity index (χ1n) is 16.4. The van der Waals surface area contributed by atoms with Crippen LogP contribution < -0.4 is 14.8 Å². The van der Waals surface area contributed by atoms with Crippen molar-refractivity contribution in [3.63, 3.8) is 0 Å². The van der Waals surface area contributed by atoms with E-state index in [9.17, 15) is 24.6 Å². The van der Waals surface area contributed by atoms with Crippen LogP contribution in [0.15, 0.2) is 54.1 Å². The molecular formula is C36H49IN2O7. The number of benzene rings is 2. The summed E-state index contributed by atoms with van der Waals surface area (Å²) in [6.45, 7) is 2.33. The Labute approximate surface area is 286 Å². The predicted octanol–water partition coefficient (Wildman–Crippen LogP) is 5.98. The van der Waals surface area contributed by atoms with E-state index >= 15 is 0 Å². The predicted molar refractivity (Wildman–Crippen MR) is 187 cm³/mol. The minimum absolute atomic E-state index is 0.0685. The molecule has 252 valence electrons. The maximum Gasteiger partial charge on any atom is 0.247 e. The van der Waals surface area contributed by atoms with Gasteiger partial charge in [-0.1, -0.05) is 88.6 Å². The third-order valence-electron chi connectivity index (χ3n) is 8.27. The van der Waals surface area contributed by atoms with Crippen molar-refractivity contribution in [1.82, 2.24) is 10.2 Å². The van der Waals surface area contributed by atoms with Crippen molar-refractivity contribution in [2.45, 2.75) is 102 Å². The van der Waals surface area contributed by atoms with E-state index < -0.39 is 24.2 Å². The van der Waals surface area contributed by atoms with E-state index in [1.807, 2.05) is 52.9 Å². The van der Waals surface area contributed by atoms with Crippen molar-refractivity contribution in [2.24, 2.45) is 0 Å². The first kappa shape index (κ1) is 37.5. The van der Waals surface area contributed by atoms with Crippen molar-refractivity contribution in [2.75, 3.05) is 20.3 Å². The van der Waals surface area contributed by atoms with E-state index in [1.54, 1.807) is 23.1 Å². The maximum absolute atomic E-state index is 13.9. The highest BCUT2D eigenvalue weighted by Gasteiger charge is 2.41. The molecule has 0 aromatic heterocycles. The number of nitrogens with one attached hydrogen (secondary N) is 1. The number of amides is 2. The summed E-state index contributed by atoms with van der Waals surface area (Å²) < 4.78 is 12.4. The lowest BCUT2D eigenvalue weighted by molar-refractivity contribution is -0.139. The number of carbonyl (C=O) groups is 3. The fourth-order valence-corrected chi connectivity index (χ4v) is 6.49. The number of hydrogen-bond donors (Lipinski definition) is 3. The topological polar surface area (TPSA) is 125 Å². The minimum Gasteiger partial charge on any atom is -0.493 e. The molecule has 46 heavy (non-hydrogen) atoms. The largest absolute Gasteiger partial charge is 0.493 e. The van der Waals surface area contributed by atoms with Crippen LogP contribution in [0.2, 0.25) is 0 Å². The number of nitrogens with zero attached hydrogens (tertiary/aromatic N) is 1. The number of aliphatic hydroxyl groups excluding tert-OH is 2. The molecule has 1 aliphatic rings. The number of ether oxygens (including phenoxy) is 2. The highest BCUT2D eigenvalue weighted by Crippen LogP contribution is 2.37. The molecule has 2 aromatic carbocycles. The normalized spacial score (nSPS) is 17.6. The van der Waals surface area contributed by atoms with Crippen LogP contribution in [-0.4, -0.2) is 71.7 Å². The Morgan fingerprint density at radius 1 is 1.04 bits per heavy atom. The summed E-state index contributed by atoms with van der Waals surface area (Å²) in [5.41, 5.74) is 1.67. The van der Waals surface area contributed by atoms with Gasteiger partial charge in [-0.2, -0.15) is 0 Å². The molecule has 2 aromatic rings. The Balaban J connectivity index is 1.85. The Morgan fingerprint density at radius 2 is 1.72 bits per heavy atom. The van der Waals surface area contributed by atoms with Crippen molar-refractivity contribution in [3.8, 4) is 11.5 Å². The van der Waals surface area contributed by atoms with Gasteiger partial charge in [0.1, 0.15) is 18.5 Å². The van der Waals surface area contributed by atoms with Crippen LogP contribution in [0.1, 0.15) is 93.5 Å². The summed E-state index contributed by atoms with van der Waals surface area (Å²) in [5.74, 6) is 0.142. The molecule has 3 rings (SSSR count). The smallest absolute Gasteiger partial charge is 0.247 e. The van der Waals surface area contributed by atoms with Gasteiger partial charge in [0.2, 0.25) is 11.8 Å². The Morgan fingerprint density at radius 3 is 2.35 bits per heavy atom. The van der Waals surface area contributed by atoms with Crippen molar-refractivity contribution >= 4 is 40.7 Å². The average Bonchev–Trinajstić information content (AvgIpc) is 3.07. The zero-order valence-corrected chi connectivity index (χ0v) is 29.2. The van der Waals surface area contributed by atoms with Gasteiger partial charge in [0.05, 0.1) is 23.3 Å². The highest BCUT2D eigenvalue weighted by molar-refractivity contribution is 14.1. The van der Waals surface area contributed by atoms with Crippen LogP contribution in [0.4, 0.5) is 0 Å². The molecule has 2 amide bonds. The fourth-order valence-electron chi connectivity index (χ4n) is 5.74. The quantitative estimate of drug-likeness (QED) is 0.0866. The van der Waals surface area contributed by atoms with Crippen molar-refractivity contribution < 1.29 is 34.1 Å². The molecule has 0 aliphatic heterocycles. The van der Waals surface area contributed by atoms with Crippen molar-refractivity contribution in [3.05, 3.63) is 68.8 Å². The second-order valence-electron chi connectivity index (χ2n) is 11.8. The number of unbranched alkanes of at least 4 members (excludes halogenated alkanes) is 8. The molecule has 3 N–H and O–H groups in total. The van der Waals surface area contributed by atoms with Gasteiger partial charge in [0.25, 0.3) is 0 Å². The van der Waals surface area contributed by atoms with Crippen LogP contribution in [-0.2, 0) is 16.1 Å². The van der Waals surface area contributed by atoms with Gasteiger partial charge >= 0.3 is 0 Å². The van der Waals surface area contributed by atoms with Gasteiger partial charge in [-0.3, -0.25) is 14.4 Å². The van der Waals surface area contributed by atoms with E-state index in [4.69, 9.17) is 9.47 Å². The molecule has 0 radical (unpaired) electrons. The first-order valence-corrected chi connectivity index (χ1v) is 17.5. The summed E-state index contributed by atoms with van der Waals surface area (Å²) in [7, 11) is 1.46. The third-order valence-corrected chi connectivity index (χ3v) is 9.07. The molecule has 0 spiro atoms. The molecule has 3 atom stereocenters. The third kappa shape index (κ3) is 11.4. The molecule has 1 aliphatic carbocycles. The number of hydrogen-bond acceptors (Lipinski definition) is 7. The molecule has 0 saturated carbocycles. The molecule has 10 heteroatoms. The number of halogens is 1. The standard InChI is InChI=1S/C36H49IN2O7/c1-3-4-5-6-7-8-9-10-14-17-33(42)39(24-26-15-12-11-13-16-26)30-22-28(36(44)38-18-19-40)23-31(34(30)43)46-35-29(37)20-27(25-41)21-32(35)45-2/h11-13,15-16,20-21,23,25,30-31,34,40,43H,3-10,14,17-19,22,24H2,1-2H3,(H,38,44). The Hall–Kier alpha value is -2.96. The maximum atomic E-state index is 13.9. The number of aliphatic hydroxyl groups is 2. The van der Waals surface area contributed by atoms with Gasteiger partial charge in [0.15, 0.2) is 11.5 Å². The number of rotatable bonds is 20. The molecule has 9 nitrogen and oxygen atoms in total. The molecule has 0 bridgehead atoms. The van der Waals surface area contributed by atoms with Gasteiger partial charge in [-0.05, 0) is 52.8 Å². The van der Waals surface area contributed by atoms with Crippen LogP contribution in [0.5, 0.6) is 11.5 Å². The van der Waals surface area contributed by atoms with Gasteiger partial charge in [0, 0.05) is 37.1 Å². The number of carbonyl (C=O) groups excluding carboxylic acids is 3. The Bertz CT molecular complexity index is 1290. The van der Waals surface area contributed by atoms with Gasteiger partial charge < -0.3 is 29.9 Å². The average molecular weight is 749 g/mol. The first-order chi connectivity index (χ1) is 22.3. The zero-order valence-electron chi connectivity index (χ0n) is 27.1. The lowest BCUT2D eigenvalue weighted by Crippen LogP contribution is -2.54. The lowest BCUT2D eigenvalue weighted by atomic mass is 9.87. The zero-order chi connectivity index (χ0) is 33.3. The summed E-state index contributed by atoms with van der Waals surface area (Å²) in [5, 5.41) is 23.8. The van der Waals surface area contributed by atoms with Crippen LogP contribution in [0.25, 0.3) is 0 Å². The summed E-state index contributed by atoms with van der Waals surface area (Å²) in [6.07, 6.45) is 10.8. The summed E-state index contributed by atoms with van der Waals surface area (Å²) >= 11 is 2.04. The molecular weight excluding hydrogens is 699 g/mol. The number of methoxy groups -OCH3 is 1. The fraction of sp³-hybridized carbons (Fsp3) is 0.528. The van der Waals surface area contributed by atoms with Crippen LogP contribution in [0, 0.1) is 3.57 Å². The molecule has 0 saturated heterocycles. The second-order valence-corrected chi connectivity index (χ2v) is 12.9. The summed E-state index contributed by atoms with van der Waals surface area (Å²) in [6, 6.07) is 12.0. The lowest BCUT2D eigenvalue weighted by Gasteiger charge is -2.41. The second kappa shape index (κ2) is 20.3. The van der Waals surface area contributed by atoms with Crippen LogP contribution >= 0.6 is 22.6 Å². The minimum atomic E-state index is -1.17. The molecule has 0 fully saturated rings. The molecule has 0 heterocycles. The van der Waals surface area contributed by atoms with E-state index in [0.29, 0.717) is 38.9 Å². The Kier molecular flexibility index (Phi) is 16.6. The van der Waals surface area contributed by atoms with E-state index in [2.05, 4.69) is 12.2 Å². The SMILES string of the molecule is CCCCCCCCCCCC(=O)N(Cc1ccccc1)C1CC(C(=O)NCCO)=CC(Oc2c(I)cc(C=O)cc2OC)C1O. The highest BCUT2D eigenvalue weighted by atomic mass is 127. The van der Waals surface area contributed by atoms with Gasteiger partial charge in [-0.15, -0.1) is 0 Å². The number of aldehydes is 1. The summed E-state index contributed by atoms with van der Waals surface area (Å²) in [4.78, 5) is 40.2. The van der Waals surface area contributed by atoms with E-state index in [-0.39, 0.29) is 32.0 Å². The van der Waals surface area contributed by atoms with Crippen LogP contribution in [0.3, 0.4) is 0 Å². The molecule has 3 unspecified atom stereocenters. The monoisotopic (exact) mass is 748 g/mol. The van der Waals surface area contributed by atoms with E-state index in [1.165, 1.54) is 45.6 Å².